The Kier molecular flexibility index (Phi) is 4.98. The van der Waals surface area contributed by atoms with Gasteiger partial charge in [-0.25, -0.2) is 17.2 Å². The van der Waals surface area contributed by atoms with E-state index in [2.05, 4.69) is 30.7 Å². The van der Waals surface area contributed by atoms with Crippen molar-refractivity contribution in [3.63, 3.8) is 0 Å². The van der Waals surface area contributed by atoms with Gasteiger partial charge in [0.2, 0.25) is 17.8 Å². The summed E-state index contributed by atoms with van der Waals surface area (Å²) in [7, 11) is -3.53. The lowest BCUT2D eigenvalue weighted by Gasteiger charge is -2.28. The molecule has 0 saturated carbocycles. The van der Waals surface area contributed by atoms with E-state index >= 15 is 0 Å². The van der Waals surface area contributed by atoms with Crippen LogP contribution in [0.1, 0.15) is 6.42 Å². The zero-order valence-corrected chi connectivity index (χ0v) is 16.5. The molecular weight excluding hydrogens is 408 g/mol. The smallest absolute Gasteiger partial charge is 0.267 e. The summed E-state index contributed by atoms with van der Waals surface area (Å²) in [6.45, 7) is 2.54. The van der Waals surface area contributed by atoms with Gasteiger partial charge in [-0.05, 0) is 0 Å². The van der Waals surface area contributed by atoms with Gasteiger partial charge in [-0.1, -0.05) is 0 Å². The van der Waals surface area contributed by atoms with Gasteiger partial charge in [-0.2, -0.15) is 24.1 Å². The van der Waals surface area contributed by atoms with Gasteiger partial charge in [0.15, 0.2) is 0 Å². The molecular formula is C15H21F2N9O2S. The normalized spacial score (nSPS) is 19.6. The molecule has 11 nitrogen and oxygen atoms in total. The van der Waals surface area contributed by atoms with Crippen LogP contribution < -0.4 is 20.4 Å². The van der Waals surface area contributed by atoms with Crippen LogP contribution in [0.5, 0.6) is 0 Å². The fraction of sp³-hybridized carbons (Fsp3) is 0.600. The minimum Gasteiger partial charge on any atom is -0.338 e. The quantitative estimate of drug-likeness (QED) is 0.665. The van der Waals surface area contributed by atoms with Crippen LogP contribution in [0.2, 0.25) is 0 Å². The largest absolute Gasteiger partial charge is 0.338 e. The summed E-state index contributed by atoms with van der Waals surface area (Å²) in [5.41, 5.74) is 0.352. The lowest BCUT2D eigenvalue weighted by Crippen LogP contribution is -2.44. The van der Waals surface area contributed by atoms with Crippen molar-refractivity contribution in [1.29, 1.82) is 0 Å². The molecule has 0 amide bonds. The van der Waals surface area contributed by atoms with Crippen molar-refractivity contribution in [3.8, 4) is 0 Å². The average molecular weight is 429 g/mol. The summed E-state index contributed by atoms with van der Waals surface area (Å²) < 4.78 is 51.4. The molecule has 2 N–H and O–H groups in total. The molecule has 0 radical (unpaired) electrons. The molecule has 14 heteroatoms. The predicted octanol–water partition coefficient (Wildman–Crippen LogP) is -0.126. The van der Waals surface area contributed by atoms with Crippen molar-refractivity contribution in [3.05, 3.63) is 12.4 Å². The van der Waals surface area contributed by atoms with E-state index < -0.39 is 22.5 Å². The number of rotatable bonds is 5. The highest BCUT2D eigenvalue weighted by atomic mass is 32.2. The summed E-state index contributed by atoms with van der Waals surface area (Å²) in [4.78, 5) is 16.4. The first kappa shape index (κ1) is 19.7. The number of hydrogen-bond donors (Lipinski definition) is 2. The third-order valence-corrected chi connectivity index (χ3v) is 5.50. The molecule has 29 heavy (non-hydrogen) atoms. The molecule has 0 unspecified atom stereocenters. The van der Waals surface area contributed by atoms with E-state index in [0.29, 0.717) is 24.7 Å². The molecule has 0 aromatic carbocycles. The Bertz CT molecular complexity index is 991. The van der Waals surface area contributed by atoms with Gasteiger partial charge in [-0.3, -0.25) is 0 Å². The van der Waals surface area contributed by atoms with E-state index in [4.69, 9.17) is 0 Å². The van der Waals surface area contributed by atoms with E-state index in [9.17, 15) is 17.2 Å². The maximum absolute atomic E-state index is 13.7. The predicted molar refractivity (Wildman–Crippen MR) is 102 cm³/mol. The summed E-state index contributed by atoms with van der Waals surface area (Å²) in [5, 5.41) is 9.91. The number of piperazine rings is 1. The highest BCUT2D eigenvalue weighted by Crippen LogP contribution is 2.30. The summed E-state index contributed by atoms with van der Waals surface area (Å²) in [5.74, 6) is -2.12. The lowest BCUT2D eigenvalue weighted by molar-refractivity contribution is 0.0256. The van der Waals surface area contributed by atoms with Gasteiger partial charge in [0.1, 0.15) is 0 Å². The second kappa shape index (κ2) is 7.33. The molecule has 0 aliphatic carbocycles. The second-order valence-corrected chi connectivity index (χ2v) is 8.85. The Labute approximate surface area is 166 Å². The number of halogens is 2. The lowest BCUT2D eigenvalue weighted by atomic mass is 10.3. The standard InChI is InChI=1S/C15H21F2N9O2S/c1-29(27,28)26-9-11(8-19-26)20-12-21-13(24-6-3-18-4-7-24)23-14(22-12)25-5-2-15(16,17)10-25/h8-9,18H,2-7,10H2,1H3,(H,20,21,22,23). The van der Waals surface area contributed by atoms with Crippen LogP contribution in [0.4, 0.5) is 32.3 Å². The molecule has 2 fully saturated rings. The number of anilines is 4. The van der Waals surface area contributed by atoms with Crippen molar-refractivity contribution in [2.24, 2.45) is 0 Å². The molecule has 2 saturated heterocycles. The minimum atomic E-state index is -3.53. The van der Waals surface area contributed by atoms with Gasteiger partial charge in [-0.15, -0.1) is 0 Å². The fourth-order valence-electron chi connectivity index (χ4n) is 3.14. The van der Waals surface area contributed by atoms with Crippen LogP contribution in [0.25, 0.3) is 0 Å². The first-order chi connectivity index (χ1) is 13.7. The van der Waals surface area contributed by atoms with E-state index in [0.717, 1.165) is 23.4 Å². The monoisotopic (exact) mass is 429 g/mol. The highest BCUT2D eigenvalue weighted by Gasteiger charge is 2.39. The van der Waals surface area contributed by atoms with E-state index in [-0.39, 0.29) is 24.9 Å². The summed E-state index contributed by atoms with van der Waals surface area (Å²) >= 11 is 0. The summed E-state index contributed by atoms with van der Waals surface area (Å²) in [6.07, 6.45) is 3.37. The van der Waals surface area contributed by atoms with Gasteiger partial charge < -0.3 is 20.4 Å². The minimum absolute atomic E-state index is 0.131. The Hall–Kier alpha value is -2.61. The Balaban J connectivity index is 1.64. The molecule has 2 aromatic rings. The third kappa shape index (κ3) is 4.53. The SMILES string of the molecule is CS(=O)(=O)n1cc(Nc2nc(N3CCNCC3)nc(N3CCC(F)(F)C3)n2)cn1. The van der Waals surface area contributed by atoms with Crippen LogP contribution in [0.3, 0.4) is 0 Å². The first-order valence-corrected chi connectivity index (χ1v) is 10.9. The average Bonchev–Trinajstić information content (AvgIpc) is 3.28. The van der Waals surface area contributed by atoms with Gasteiger partial charge in [0.05, 0.1) is 30.9 Å². The van der Waals surface area contributed by atoms with Crippen molar-refractivity contribution < 1.29 is 17.2 Å². The zero-order chi connectivity index (χ0) is 20.6. The number of hydrogen-bond acceptors (Lipinski definition) is 10. The van der Waals surface area contributed by atoms with Crippen LogP contribution in [0.15, 0.2) is 12.4 Å². The second-order valence-electron chi connectivity index (χ2n) is 7.01. The van der Waals surface area contributed by atoms with Crippen molar-refractivity contribution >= 4 is 33.6 Å². The van der Waals surface area contributed by atoms with Crippen molar-refractivity contribution in [2.45, 2.75) is 12.3 Å². The number of aromatic nitrogens is 5. The molecule has 2 aliphatic rings. The van der Waals surface area contributed by atoms with Crippen LogP contribution >= 0.6 is 0 Å². The number of alkyl halides is 2. The molecule has 2 aromatic heterocycles. The highest BCUT2D eigenvalue weighted by molar-refractivity contribution is 7.89. The molecule has 158 valence electrons. The van der Waals surface area contributed by atoms with E-state index in [1.807, 2.05) is 4.90 Å². The van der Waals surface area contributed by atoms with Crippen molar-refractivity contribution in [2.75, 3.05) is 60.6 Å². The van der Waals surface area contributed by atoms with Crippen LogP contribution in [-0.2, 0) is 10.0 Å². The maximum atomic E-state index is 13.7. The maximum Gasteiger partial charge on any atom is 0.267 e. The Morgan fingerprint density at radius 1 is 1.10 bits per heavy atom. The van der Waals surface area contributed by atoms with E-state index in [1.54, 1.807) is 0 Å². The van der Waals surface area contributed by atoms with Crippen LogP contribution in [0, 0.1) is 0 Å². The molecule has 4 rings (SSSR count). The van der Waals surface area contributed by atoms with Gasteiger partial charge in [0.25, 0.3) is 15.9 Å². The fourth-order valence-corrected chi connectivity index (χ4v) is 3.67. The molecule has 0 spiro atoms. The molecule has 4 heterocycles. The molecule has 0 bridgehead atoms. The van der Waals surface area contributed by atoms with E-state index in [1.165, 1.54) is 17.3 Å². The number of nitrogens with one attached hydrogen (secondary N) is 2. The molecule has 2 aliphatic heterocycles. The number of nitrogens with zero attached hydrogens (tertiary/aromatic N) is 7. The van der Waals surface area contributed by atoms with Crippen LogP contribution in [-0.4, -0.2) is 84.0 Å². The van der Waals surface area contributed by atoms with Gasteiger partial charge in [0, 0.05) is 39.1 Å². The van der Waals surface area contributed by atoms with Crippen molar-refractivity contribution in [1.82, 2.24) is 29.5 Å². The third-order valence-electron chi connectivity index (χ3n) is 4.62. The first-order valence-electron chi connectivity index (χ1n) is 9.06. The summed E-state index contributed by atoms with van der Waals surface area (Å²) in [6, 6.07) is 0. The topological polar surface area (TPSA) is 121 Å². The Morgan fingerprint density at radius 2 is 1.79 bits per heavy atom. The molecule has 0 atom stereocenters. The van der Waals surface area contributed by atoms with Gasteiger partial charge >= 0.3 is 0 Å². The zero-order valence-electron chi connectivity index (χ0n) is 15.7. The Morgan fingerprint density at radius 3 is 2.38 bits per heavy atom.